The topological polar surface area (TPSA) is 74.4 Å². The van der Waals surface area contributed by atoms with Gasteiger partial charge in [0.15, 0.2) is 17.3 Å². The molecule has 2 heterocycles. The first-order valence-corrected chi connectivity index (χ1v) is 9.41. The highest BCUT2D eigenvalue weighted by atomic mass is 19.1. The molecule has 9 heteroatoms. The first kappa shape index (κ1) is 20.2. The average molecular weight is 394 g/mol. The molecular formula is C19H27FN4O4. The van der Waals surface area contributed by atoms with Gasteiger partial charge in [-0.3, -0.25) is 9.69 Å². The van der Waals surface area contributed by atoms with E-state index in [4.69, 9.17) is 9.47 Å². The molecule has 0 aliphatic carbocycles. The molecule has 0 unspecified atom stereocenters. The molecule has 1 aromatic carbocycles. The Kier molecular flexibility index (Phi) is 6.23. The zero-order valence-corrected chi connectivity index (χ0v) is 16.5. The number of nitrogens with one attached hydrogen (secondary N) is 1. The number of carbonyl (C=O) groups excluding carboxylic acids is 2. The first-order valence-electron chi connectivity index (χ1n) is 9.41. The number of likely N-dealkylation sites (N-methyl/N-ethyl adjacent to an activating group) is 1. The van der Waals surface area contributed by atoms with E-state index in [9.17, 15) is 14.0 Å². The molecule has 1 N–H and O–H groups in total. The van der Waals surface area contributed by atoms with Crippen LogP contribution in [0, 0.1) is 5.82 Å². The normalized spacial score (nSPS) is 20.2. The monoisotopic (exact) mass is 394 g/mol. The van der Waals surface area contributed by atoms with Crippen molar-refractivity contribution in [2.24, 2.45) is 0 Å². The standard InChI is InChI=1S/C19H27FN4O4/c1-22-6-4-5-15(22)18(25)23-7-9-24(10-8-23)19(26)21-14-12-17(28-3)16(27-2)11-13(14)20/h11-12,15H,4-10H2,1-3H3,(H,21,26)/t15-/m0/s1. The smallest absolute Gasteiger partial charge is 0.322 e. The minimum absolute atomic E-state index is 0.0220. The summed E-state index contributed by atoms with van der Waals surface area (Å²) in [6.45, 7) is 2.71. The van der Waals surface area contributed by atoms with Crippen LogP contribution >= 0.6 is 0 Å². The van der Waals surface area contributed by atoms with Crippen LogP contribution in [0.2, 0.25) is 0 Å². The molecule has 2 saturated heterocycles. The number of carbonyl (C=O) groups is 2. The summed E-state index contributed by atoms with van der Waals surface area (Å²) in [5, 5.41) is 2.58. The van der Waals surface area contributed by atoms with E-state index in [0.717, 1.165) is 19.4 Å². The second-order valence-electron chi connectivity index (χ2n) is 7.07. The zero-order valence-electron chi connectivity index (χ0n) is 16.5. The van der Waals surface area contributed by atoms with Crippen LogP contribution in [-0.2, 0) is 4.79 Å². The number of likely N-dealkylation sites (tertiary alicyclic amines) is 1. The number of rotatable bonds is 4. The van der Waals surface area contributed by atoms with Gasteiger partial charge in [-0.2, -0.15) is 0 Å². The third kappa shape index (κ3) is 4.14. The molecule has 0 bridgehead atoms. The number of hydrogen-bond acceptors (Lipinski definition) is 5. The van der Waals surface area contributed by atoms with Crippen molar-refractivity contribution >= 4 is 17.6 Å². The maximum atomic E-state index is 14.2. The molecule has 2 aliphatic heterocycles. The van der Waals surface area contributed by atoms with E-state index >= 15 is 0 Å². The number of methoxy groups -OCH3 is 2. The third-order valence-corrected chi connectivity index (χ3v) is 5.40. The molecule has 1 aromatic rings. The summed E-state index contributed by atoms with van der Waals surface area (Å²) in [5.41, 5.74) is 0.0220. The number of benzene rings is 1. The summed E-state index contributed by atoms with van der Waals surface area (Å²) < 4.78 is 24.4. The third-order valence-electron chi connectivity index (χ3n) is 5.40. The second kappa shape index (κ2) is 8.64. The van der Waals surface area contributed by atoms with Gasteiger partial charge in [-0.25, -0.2) is 9.18 Å². The van der Waals surface area contributed by atoms with Gasteiger partial charge in [0.2, 0.25) is 5.91 Å². The molecule has 1 atom stereocenters. The summed E-state index contributed by atoms with van der Waals surface area (Å²) in [7, 11) is 4.83. The molecule has 2 aliphatic rings. The fraction of sp³-hybridized carbons (Fsp3) is 0.579. The molecule has 3 amide bonds. The molecule has 0 radical (unpaired) electrons. The maximum absolute atomic E-state index is 14.2. The van der Waals surface area contributed by atoms with Gasteiger partial charge < -0.3 is 24.6 Å². The minimum Gasteiger partial charge on any atom is -0.493 e. The number of nitrogens with zero attached hydrogens (tertiary/aromatic N) is 3. The van der Waals surface area contributed by atoms with Crippen molar-refractivity contribution in [3.63, 3.8) is 0 Å². The fourth-order valence-corrected chi connectivity index (χ4v) is 3.71. The lowest BCUT2D eigenvalue weighted by molar-refractivity contribution is -0.136. The molecule has 0 spiro atoms. The molecular weight excluding hydrogens is 367 g/mol. The van der Waals surface area contributed by atoms with Gasteiger partial charge in [-0.05, 0) is 26.4 Å². The number of anilines is 1. The highest BCUT2D eigenvalue weighted by Crippen LogP contribution is 2.32. The van der Waals surface area contributed by atoms with Gasteiger partial charge in [-0.1, -0.05) is 0 Å². The van der Waals surface area contributed by atoms with Crippen LogP contribution in [0.25, 0.3) is 0 Å². The largest absolute Gasteiger partial charge is 0.493 e. The fourth-order valence-electron chi connectivity index (χ4n) is 3.71. The van der Waals surface area contributed by atoms with Crippen LogP contribution in [0.15, 0.2) is 12.1 Å². The highest BCUT2D eigenvalue weighted by molar-refractivity contribution is 5.90. The summed E-state index contributed by atoms with van der Waals surface area (Å²) in [6, 6.07) is 2.10. The molecule has 0 saturated carbocycles. The van der Waals surface area contributed by atoms with Crippen LogP contribution in [0.4, 0.5) is 14.9 Å². The van der Waals surface area contributed by atoms with Crippen molar-refractivity contribution in [3.8, 4) is 11.5 Å². The van der Waals surface area contributed by atoms with E-state index in [1.807, 2.05) is 11.9 Å². The van der Waals surface area contributed by atoms with Crippen LogP contribution in [0.3, 0.4) is 0 Å². The SMILES string of the molecule is COc1cc(F)c(NC(=O)N2CCN(C(=O)[C@@H]3CCCN3C)CC2)cc1OC. The second-order valence-corrected chi connectivity index (χ2v) is 7.07. The van der Waals surface area contributed by atoms with Crippen LogP contribution in [-0.4, -0.2) is 86.7 Å². The quantitative estimate of drug-likeness (QED) is 0.840. The summed E-state index contributed by atoms with van der Waals surface area (Å²) >= 11 is 0. The van der Waals surface area contributed by atoms with Crippen molar-refractivity contribution < 1.29 is 23.5 Å². The Hall–Kier alpha value is -2.55. The first-order chi connectivity index (χ1) is 13.4. The van der Waals surface area contributed by atoms with Crippen LogP contribution < -0.4 is 14.8 Å². The van der Waals surface area contributed by atoms with Gasteiger partial charge in [-0.15, -0.1) is 0 Å². The Labute approximate surface area is 164 Å². The lowest BCUT2D eigenvalue weighted by Gasteiger charge is -2.36. The number of piperazine rings is 1. The van der Waals surface area contributed by atoms with Crippen molar-refractivity contribution in [1.82, 2.24) is 14.7 Å². The Morgan fingerprint density at radius 2 is 1.64 bits per heavy atom. The summed E-state index contributed by atoms with van der Waals surface area (Å²) in [6.07, 6.45) is 1.92. The number of ether oxygens (including phenoxy) is 2. The molecule has 3 rings (SSSR count). The van der Waals surface area contributed by atoms with Crippen molar-refractivity contribution in [2.45, 2.75) is 18.9 Å². The maximum Gasteiger partial charge on any atom is 0.322 e. The number of halogens is 1. The number of urea groups is 1. The minimum atomic E-state index is -0.607. The van der Waals surface area contributed by atoms with Crippen LogP contribution in [0.5, 0.6) is 11.5 Å². The van der Waals surface area contributed by atoms with Gasteiger partial charge in [0.25, 0.3) is 0 Å². The number of hydrogen-bond donors (Lipinski definition) is 1. The molecule has 8 nitrogen and oxygen atoms in total. The molecule has 154 valence electrons. The summed E-state index contributed by atoms with van der Waals surface area (Å²) in [4.78, 5) is 30.6. The van der Waals surface area contributed by atoms with E-state index in [0.29, 0.717) is 31.9 Å². The lowest BCUT2D eigenvalue weighted by Crippen LogP contribution is -2.55. The van der Waals surface area contributed by atoms with E-state index < -0.39 is 11.8 Å². The number of amides is 3. The lowest BCUT2D eigenvalue weighted by atomic mass is 10.1. The van der Waals surface area contributed by atoms with Gasteiger partial charge in [0.1, 0.15) is 0 Å². The molecule has 28 heavy (non-hydrogen) atoms. The van der Waals surface area contributed by atoms with E-state index in [2.05, 4.69) is 10.2 Å². The highest BCUT2D eigenvalue weighted by Gasteiger charge is 2.33. The predicted molar refractivity (Wildman–Crippen MR) is 102 cm³/mol. The summed E-state index contributed by atoms with van der Waals surface area (Å²) in [5.74, 6) is 0.104. The van der Waals surface area contributed by atoms with Crippen molar-refractivity contribution in [2.75, 3.05) is 59.3 Å². The van der Waals surface area contributed by atoms with Crippen molar-refractivity contribution in [3.05, 3.63) is 17.9 Å². The Balaban J connectivity index is 1.58. The van der Waals surface area contributed by atoms with Crippen molar-refractivity contribution in [1.29, 1.82) is 0 Å². The van der Waals surface area contributed by atoms with Crippen LogP contribution in [0.1, 0.15) is 12.8 Å². The molecule has 2 fully saturated rings. The predicted octanol–water partition coefficient (Wildman–Crippen LogP) is 1.61. The van der Waals surface area contributed by atoms with Gasteiger partial charge in [0, 0.05) is 38.3 Å². The Morgan fingerprint density at radius 3 is 2.21 bits per heavy atom. The van der Waals surface area contributed by atoms with E-state index in [-0.39, 0.29) is 23.4 Å². The zero-order chi connectivity index (χ0) is 20.3. The molecule has 0 aromatic heterocycles. The Bertz CT molecular complexity index is 737. The Morgan fingerprint density at radius 1 is 1.04 bits per heavy atom. The van der Waals surface area contributed by atoms with E-state index in [1.165, 1.54) is 26.4 Å². The van der Waals surface area contributed by atoms with Gasteiger partial charge >= 0.3 is 6.03 Å². The van der Waals surface area contributed by atoms with E-state index in [1.54, 1.807) is 4.90 Å². The average Bonchev–Trinajstić information content (AvgIpc) is 3.14. The van der Waals surface area contributed by atoms with Gasteiger partial charge in [0.05, 0.1) is 25.9 Å².